The molecule has 0 saturated carbocycles. The SMILES string of the molecule is O=C(Nc1ccc(Cl)c(S(=O)(=O)N2CCCC2)c1)c1ccccc1C(=O)c1ccccc1. The van der Waals surface area contributed by atoms with Crippen molar-refractivity contribution in [2.24, 2.45) is 0 Å². The highest BCUT2D eigenvalue weighted by atomic mass is 35.5. The molecule has 6 nitrogen and oxygen atoms in total. The highest BCUT2D eigenvalue weighted by Crippen LogP contribution is 2.30. The minimum Gasteiger partial charge on any atom is -0.322 e. The number of anilines is 1. The summed E-state index contributed by atoms with van der Waals surface area (Å²) in [5, 5.41) is 2.79. The zero-order valence-electron chi connectivity index (χ0n) is 17.1. The smallest absolute Gasteiger partial charge is 0.256 e. The molecule has 1 fully saturated rings. The third-order valence-corrected chi connectivity index (χ3v) is 7.70. The number of hydrogen-bond acceptors (Lipinski definition) is 4. The zero-order chi connectivity index (χ0) is 22.7. The molecule has 0 aromatic heterocycles. The summed E-state index contributed by atoms with van der Waals surface area (Å²) in [5.74, 6) is -0.790. The van der Waals surface area contributed by atoms with Crippen LogP contribution in [0.2, 0.25) is 5.02 Å². The average Bonchev–Trinajstić information content (AvgIpc) is 3.36. The summed E-state index contributed by atoms with van der Waals surface area (Å²) < 4.78 is 27.3. The Morgan fingerprint density at radius 1 is 0.844 bits per heavy atom. The topological polar surface area (TPSA) is 83.6 Å². The maximum atomic E-state index is 13.0. The Balaban J connectivity index is 1.63. The van der Waals surface area contributed by atoms with Crippen LogP contribution < -0.4 is 5.32 Å². The van der Waals surface area contributed by atoms with Gasteiger partial charge < -0.3 is 5.32 Å². The van der Waals surface area contributed by atoms with Gasteiger partial charge in [-0.05, 0) is 37.1 Å². The summed E-state index contributed by atoms with van der Waals surface area (Å²) in [7, 11) is -3.75. The van der Waals surface area contributed by atoms with Gasteiger partial charge in [0.15, 0.2) is 5.78 Å². The highest BCUT2D eigenvalue weighted by molar-refractivity contribution is 7.89. The number of sulfonamides is 1. The second kappa shape index (κ2) is 9.24. The van der Waals surface area contributed by atoms with Gasteiger partial charge in [0, 0.05) is 29.9 Å². The van der Waals surface area contributed by atoms with Crippen molar-refractivity contribution >= 4 is 39.0 Å². The standard InChI is InChI=1S/C24H21ClN2O4S/c25-21-13-12-18(16-22(21)32(30,31)27-14-6-7-15-27)26-24(29)20-11-5-4-10-19(20)23(28)17-8-2-1-3-9-17/h1-5,8-13,16H,6-7,14-15H2,(H,26,29). The number of nitrogens with zero attached hydrogens (tertiary/aromatic N) is 1. The molecule has 1 aliphatic heterocycles. The van der Waals surface area contributed by atoms with Crippen LogP contribution in [0.3, 0.4) is 0 Å². The Labute approximate surface area is 191 Å². The molecule has 1 N–H and O–H groups in total. The molecule has 3 aromatic rings. The molecule has 0 unspecified atom stereocenters. The van der Waals surface area contributed by atoms with Crippen LogP contribution in [-0.2, 0) is 10.0 Å². The first-order chi connectivity index (χ1) is 15.4. The molecule has 1 aliphatic rings. The first kappa shape index (κ1) is 22.2. The van der Waals surface area contributed by atoms with Crippen LogP contribution in [0.25, 0.3) is 0 Å². The van der Waals surface area contributed by atoms with Crippen LogP contribution in [0, 0.1) is 0 Å². The summed E-state index contributed by atoms with van der Waals surface area (Å²) >= 11 is 6.18. The molecule has 1 amide bonds. The summed E-state index contributed by atoms with van der Waals surface area (Å²) in [6, 6.07) is 19.5. The van der Waals surface area contributed by atoms with E-state index in [0.717, 1.165) is 12.8 Å². The number of benzene rings is 3. The Morgan fingerprint density at radius 3 is 2.16 bits per heavy atom. The number of amides is 1. The summed E-state index contributed by atoms with van der Waals surface area (Å²) in [5.41, 5.74) is 1.20. The fourth-order valence-corrected chi connectivity index (χ4v) is 5.69. The third kappa shape index (κ3) is 4.46. The van der Waals surface area contributed by atoms with Gasteiger partial charge in [-0.1, -0.05) is 60.1 Å². The minimum atomic E-state index is -3.75. The molecule has 8 heteroatoms. The molecule has 164 valence electrons. The van der Waals surface area contributed by atoms with Crippen molar-refractivity contribution < 1.29 is 18.0 Å². The first-order valence-corrected chi connectivity index (χ1v) is 12.0. The van der Waals surface area contributed by atoms with Crippen molar-refractivity contribution in [3.05, 3.63) is 94.5 Å². The monoisotopic (exact) mass is 468 g/mol. The van der Waals surface area contributed by atoms with Crippen LogP contribution in [0.15, 0.2) is 77.7 Å². The van der Waals surface area contributed by atoms with Crippen molar-refractivity contribution in [2.45, 2.75) is 17.7 Å². The number of nitrogens with one attached hydrogen (secondary N) is 1. The first-order valence-electron chi connectivity index (χ1n) is 10.2. The molecule has 0 bridgehead atoms. The summed E-state index contributed by atoms with van der Waals surface area (Å²) in [6.07, 6.45) is 1.61. The molecule has 0 radical (unpaired) electrons. The van der Waals surface area contributed by atoms with E-state index in [1.54, 1.807) is 48.5 Å². The van der Waals surface area contributed by atoms with Crippen LogP contribution >= 0.6 is 11.6 Å². The Hall–Kier alpha value is -3.00. The van der Waals surface area contributed by atoms with Gasteiger partial charge in [-0.25, -0.2) is 8.42 Å². The van der Waals surface area contributed by atoms with E-state index >= 15 is 0 Å². The predicted molar refractivity (Wildman–Crippen MR) is 124 cm³/mol. The van der Waals surface area contributed by atoms with Crippen molar-refractivity contribution in [1.82, 2.24) is 4.31 Å². The summed E-state index contributed by atoms with van der Waals surface area (Å²) in [6.45, 7) is 0.897. The van der Waals surface area contributed by atoms with Crippen LogP contribution in [0.5, 0.6) is 0 Å². The number of halogens is 1. The largest absolute Gasteiger partial charge is 0.322 e. The molecule has 0 spiro atoms. The van der Waals surface area contributed by atoms with Gasteiger partial charge in [-0.3, -0.25) is 9.59 Å². The number of carbonyl (C=O) groups excluding carboxylic acids is 2. The average molecular weight is 469 g/mol. The van der Waals surface area contributed by atoms with E-state index in [9.17, 15) is 18.0 Å². The van der Waals surface area contributed by atoms with Gasteiger partial charge in [-0.15, -0.1) is 0 Å². The lowest BCUT2D eigenvalue weighted by Crippen LogP contribution is -2.28. The maximum Gasteiger partial charge on any atom is 0.256 e. The van der Waals surface area contributed by atoms with E-state index < -0.39 is 15.9 Å². The van der Waals surface area contributed by atoms with Crippen LogP contribution in [0.1, 0.15) is 39.1 Å². The molecular weight excluding hydrogens is 448 g/mol. The molecule has 0 atom stereocenters. The van der Waals surface area contributed by atoms with E-state index in [2.05, 4.69) is 5.32 Å². The van der Waals surface area contributed by atoms with Crippen molar-refractivity contribution in [1.29, 1.82) is 0 Å². The van der Waals surface area contributed by atoms with E-state index in [0.29, 0.717) is 18.7 Å². The third-order valence-electron chi connectivity index (χ3n) is 5.32. The summed E-state index contributed by atoms with van der Waals surface area (Å²) in [4.78, 5) is 25.9. The van der Waals surface area contributed by atoms with Crippen molar-refractivity contribution in [3.8, 4) is 0 Å². The lowest BCUT2D eigenvalue weighted by atomic mass is 9.98. The number of carbonyl (C=O) groups is 2. The van der Waals surface area contributed by atoms with E-state index in [1.165, 1.54) is 22.5 Å². The minimum absolute atomic E-state index is 0.0486. The Kier molecular flexibility index (Phi) is 6.41. The lowest BCUT2D eigenvalue weighted by molar-refractivity contribution is 0.0996. The van der Waals surface area contributed by atoms with Gasteiger partial charge in [0.05, 0.1) is 10.6 Å². The fourth-order valence-electron chi connectivity index (χ4n) is 3.67. The Morgan fingerprint density at radius 2 is 1.47 bits per heavy atom. The van der Waals surface area contributed by atoms with E-state index in [-0.39, 0.29) is 32.5 Å². The van der Waals surface area contributed by atoms with Crippen molar-refractivity contribution in [3.63, 3.8) is 0 Å². The van der Waals surface area contributed by atoms with Gasteiger partial charge in [-0.2, -0.15) is 4.31 Å². The van der Waals surface area contributed by atoms with E-state index in [4.69, 9.17) is 11.6 Å². The highest BCUT2D eigenvalue weighted by Gasteiger charge is 2.29. The molecule has 32 heavy (non-hydrogen) atoms. The second-order valence-electron chi connectivity index (χ2n) is 7.45. The normalized spacial score (nSPS) is 14.3. The van der Waals surface area contributed by atoms with Crippen molar-refractivity contribution in [2.75, 3.05) is 18.4 Å². The maximum absolute atomic E-state index is 13.0. The van der Waals surface area contributed by atoms with Gasteiger partial charge in [0.2, 0.25) is 10.0 Å². The van der Waals surface area contributed by atoms with Crippen LogP contribution in [-0.4, -0.2) is 37.5 Å². The fraction of sp³-hybridized carbons (Fsp3) is 0.167. The molecular formula is C24H21ClN2O4S. The molecule has 1 saturated heterocycles. The molecule has 4 rings (SSSR count). The van der Waals surface area contributed by atoms with Gasteiger partial charge in [0.1, 0.15) is 4.90 Å². The van der Waals surface area contributed by atoms with E-state index in [1.807, 2.05) is 6.07 Å². The zero-order valence-corrected chi connectivity index (χ0v) is 18.7. The molecule has 0 aliphatic carbocycles. The predicted octanol–water partition coefficient (Wildman–Crippen LogP) is 4.61. The van der Waals surface area contributed by atoms with Gasteiger partial charge >= 0.3 is 0 Å². The number of rotatable bonds is 6. The Bertz CT molecular complexity index is 1270. The number of hydrogen-bond donors (Lipinski definition) is 1. The molecule has 3 aromatic carbocycles. The van der Waals surface area contributed by atoms with Crippen LogP contribution in [0.4, 0.5) is 5.69 Å². The quantitative estimate of drug-likeness (QED) is 0.535. The number of ketones is 1. The molecule has 1 heterocycles. The lowest BCUT2D eigenvalue weighted by Gasteiger charge is -2.17. The van der Waals surface area contributed by atoms with Gasteiger partial charge in [0.25, 0.3) is 5.91 Å². The second-order valence-corrected chi connectivity index (χ2v) is 9.76.